The molecule has 0 saturated heterocycles. The number of nitrogens with one attached hydrogen (secondary N) is 1. The van der Waals surface area contributed by atoms with Gasteiger partial charge in [-0.05, 0) is 67.4 Å². The smallest absolute Gasteiger partial charge is 0.277 e. The van der Waals surface area contributed by atoms with E-state index in [-0.39, 0.29) is 12.4 Å². The predicted molar refractivity (Wildman–Crippen MR) is 116 cm³/mol. The third kappa shape index (κ3) is 6.27. The van der Waals surface area contributed by atoms with Gasteiger partial charge in [-0.15, -0.1) is 0 Å². The number of nitrogens with zero attached hydrogens (tertiary/aromatic N) is 3. The van der Waals surface area contributed by atoms with Crippen molar-refractivity contribution in [2.45, 2.75) is 13.8 Å². The first kappa shape index (κ1) is 20.7. The molecule has 152 valence electrons. The Labute approximate surface area is 174 Å². The van der Waals surface area contributed by atoms with Gasteiger partial charge in [0, 0.05) is 5.56 Å². The van der Waals surface area contributed by atoms with E-state index in [1.54, 1.807) is 12.1 Å². The first-order chi connectivity index (χ1) is 14.5. The van der Waals surface area contributed by atoms with Crippen LogP contribution in [0.4, 0.5) is 11.4 Å². The summed E-state index contributed by atoms with van der Waals surface area (Å²) in [7, 11) is 0. The molecular formula is C23H22N4O3. The topological polar surface area (TPSA) is 95.6 Å². The number of rotatable bonds is 7. The zero-order valence-electron chi connectivity index (χ0n) is 16.7. The molecule has 0 fully saturated rings. The van der Waals surface area contributed by atoms with Gasteiger partial charge in [-0.3, -0.25) is 4.79 Å². The molecular weight excluding hydrogens is 380 g/mol. The third-order valence-corrected chi connectivity index (χ3v) is 4.01. The summed E-state index contributed by atoms with van der Waals surface area (Å²) in [4.78, 5) is 11.9. The standard InChI is InChI=1S/C23H22N4O3/c1-16-10-17(2)12-21(11-16)30-15-23(29)27-24-14-18-13-20(8-9-22(18)28)26-25-19-6-4-3-5-7-19/h3-14,28H,15H2,1-2H3,(H,27,29). The highest BCUT2D eigenvalue weighted by atomic mass is 16.5. The van der Waals surface area contributed by atoms with E-state index in [0.717, 1.165) is 16.8 Å². The summed E-state index contributed by atoms with van der Waals surface area (Å²) in [5, 5.41) is 22.1. The molecule has 7 heteroatoms. The maximum atomic E-state index is 11.9. The number of carbonyl (C=O) groups excluding carboxylic acids is 1. The lowest BCUT2D eigenvalue weighted by Crippen LogP contribution is -2.24. The van der Waals surface area contributed by atoms with Crippen LogP contribution in [0.2, 0.25) is 0 Å². The van der Waals surface area contributed by atoms with Crippen LogP contribution in [0.5, 0.6) is 11.5 Å². The molecule has 3 aromatic carbocycles. The number of benzene rings is 3. The van der Waals surface area contributed by atoms with Gasteiger partial charge in [-0.1, -0.05) is 24.3 Å². The Morgan fingerprint density at radius 3 is 2.40 bits per heavy atom. The Kier molecular flexibility index (Phi) is 6.89. The quantitative estimate of drug-likeness (QED) is 0.332. The summed E-state index contributed by atoms with van der Waals surface area (Å²) in [6.45, 7) is 3.76. The number of phenolic OH excluding ortho intramolecular Hbond substituents is 1. The molecule has 7 nitrogen and oxygen atoms in total. The van der Waals surface area contributed by atoms with Crippen molar-refractivity contribution in [3.8, 4) is 11.5 Å². The van der Waals surface area contributed by atoms with Gasteiger partial charge < -0.3 is 9.84 Å². The number of aryl methyl sites for hydroxylation is 2. The highest BCUT2D eigenvalue weighted by molar-refractivity contribution is 5.86. The van der Waals surface area contributed by atoms with Gasteiger partial charge in [-0.25, -0.2) is 5.43 Å². The van der Waals surface area contributed by atoms with Gasteiger partial charge in [0.2, 0.25) is 0 Å². The van der Waals surface area contributed by atoms with Crippen LogP contribution in [0.15, 0.2) is 82.1 Å². The van der Waals surface area contributed by atoms with Gasteiger partial charge >= 0.3 is 0 Å². The summed E-state index contributed by atoms with van der Waals surface area (Å²) >= 11 is 0. The third-order valence-electron chi connectivity index (χ3n) is 4.01. The predicted octanol–water partition coefficient (Wildman–Crippen LogP) is 4.95. The Bertz CT molecular complexity index is 1060. The van der Waals surface area contributed by atoms with E-state index >= 15 is 0 Å². The molecule has 0 radical (unpaired) electrons. The van der Waals surface area contributed by atoms with Gasteiger partial charge in [0.1, 0.15) is 11.5 Å². The lowest BCUT2D eigenvalue weighted by atomic mass is 10.1. The number of hydrogen-bond acceptors (Lipinski definition) is 6. The van der Waals surface area contributed by atoms with Crippen molar-refractivity contribution < 1.29 is 14.6 Å². The number of ether oxygens (including phenoxy) is 1. The molecule has 3 rings (SSSR count). The second-order valence-electron chi connectivity index (χ2n) is 6.68. The maximum Gasteiger partial charge on any atom is 0.277 e. The van der Waals surface area contributed by atoms with Crippen molar-refractivity contribution in [3.63, 3.8) is 0 Å². The van der Waals surface area contributed by atoms with Crippen molar-refractivity contribution in [1.82, 2.24) is 5.43 Å². The molecule has 0 heterocycles. The number of phenols is 1. The highest BCUT2D eigenvalue weighted by Gasteiger charge is 2.04. The first-order valence-electron chi connectivity index (χ1n) is 9.32. The molecule has 0 bridgehead atoms. The van der Waals surface area contributed by atoms with Crippen LogP contribution >= 0.6 is 0 Å². The Hall–Kier alpha value is -4.00. The van der Waals surface area contributed by atoms with E-state index in [9.17, 15) is 9.90 Å². The maximum absolute atomic E-state index is 11.9. The van der Waals surface area contributed by atoms with Crippen LogP contribution in [-0.2, 0) is 4.79 Å². The van der Waals surface area contributed by atoms with Crippen LogP contribution in [0.1, 0.15) is 16.7 Å². The van der Waals surface area contributed by atoms with E-state index in [2.05, 4.69) is 20.8 Å². The molecule has 0 atom stereocenters. The minimum atomic E-state index is -0.412. The van der Waals surface area contributed by atoms with Gasteiger partial charge in [0.05, 0.1) is 17.6 Å². The summed E-state index contributed by atoms with van der Waals surface area (Å²) in [5.74, 6) is 0.226. The molecule has 0 aliphatic carbocycles. The zero-order valence-corrected chi connectivity index (χ0v) is 16.7. The second-order valence-corrected chi connectivity index (χ2v) is 6.68. The largest absolute Gasteiger partial charge is 0.507 e. The number of hydrazone groups is 1. The minimum absolute atomic E-state index is 0.0122. The van der Waals surface area contributed by atoms with E-state index in [0.29, 0.717) is 17.0 Å². The Balaban J connectivity index is 1.57. The van der Waals surface area contributed by atoms with Crippen molar-refractivity contribution in [2.24, 2.45) is 15.3 Å². The summed E-state index contributed by atoms with van der Waals surface area (Å²) < 4.78 is 5.49. The number of azo groups is 1. The molecule has 0 aliphatic rings. The molecule has 1 amide bonds. The van der Waals surface area contributed by atoms with E-state index in [1.165, 1.54) is 12.3 Å². The molecule has 0 unspecified atom stereocenters. The van der Waals surface area contributed by atoms with Crippen LogP contribution in [-0.4, -0.2) is 23.8 Å². The van der Waals surface area contributed by atoms with Crippen LogP contribution in [0.3, 0.4) is 0 Å². The van der Waals surface area contributed by atoms with Gasteiger partial charge in [-0.2, -0.15) is 15.3 Å². The molecule has 30 heavy (non-hydrogen) atoms. The first-order valence-corrected chi connectivity index (χ1v) is 9.32. The summed E-state index contributed by atoms with van der Waals surface area (Å²) in [5.41, 5.74) is 6.15. The van der Waals surface area contributed by atoms with E-state index in [4.69, 9.17) is 4.74 Å². The molecule has 0 aromatic heterocycles. The van der Waals surface area contributed by atoms with E-state index in [1.807, 2.05) is 62.4 Å². The molecule has 0 saturated carbocycles. The molecule has 0 aliphatic heterocycles. The number of hydrogen-bond donors (Lipinski definition) is 2. The van der Waals surface area contributed by atoms with Crippen LogP contribution < -0.4 is 10.2 Å². The van der Waals surface area contributed by atoms with Crippen molar-refractivity contribution in [3.05, 3.63) is 83.4 Å². The van der Waals surface area contributed by atoms with Gasteiger partial charge in [0.25, 0.3) is 5.91 Å². The highest BCUT2D eigenvalue weighted by Crippen LogP contribution is 2.24. The summed E-state index contributed by atoms with van der Waals surface area (Å²) in [6, 6.07) is 19.8. The van der Waals surface area contributed by atoms with Crippen LogP contribution in [0, 0.1) is 13.8 Å². The average molecular weight is 402 g/mol. The number of aromatic hydroxyl groups is 1. The second kappa shape index (κ2) is 9.97. The fourth-order valence-electron chi connectivity index (χ4n) is 2.69. The molecule has 2 N–H and O–H groups in total. The lowest BCUT2D eigenvalue weighted by Gasteiger charge is -2.07. The Morgan fingerprint density at radius 1 is 0.967 bits per heavy atom. The molecule has 0 spiro atoms. The fraction of sp³-hybridized carbons (Fsp3) is 0.130. The fourth-order valence-corrected chi connectivity index (χ4v) is 2.69. The monoisotopic (exact) mass is 402 g/mol. The molecule has 3 aromatic rings. The normalized spacial score (nSPS) is 11.1. The number of carbonyl (C=O) groups is 1. The average Bonchev–Trinajstić information content (AvgIpc) is 2.73. The van der Waals surface area contributed by atoms with Crippen molar-refractivity contribution in [1.29, 1.82) is 0 Å². The van der Waals surface area contributed by atoms with Crippen LogP contribution in [0.25, 0.3) is 0 Å². The SMILES string of the molecule is Cc1cc(C)cc(OCC(=O)NN=Cc2cc(N=Nc3ccccc3)ccc2O)c1. The van der Waals surface area contributed by atoms with Crippen molar-refractivity contribution >= 4 is 23.5 Å². The van der Waals surface area contributed by atoms with Crippen molar-refractivity contribution in [2.75, 3.05) is 6.61 Å². The lowest BCUT2D eigenvalue weighted by molar-refractivity contribution is -0.123. The minimum Gasteiger partial charge on any atom is -0.507 e. The summed E-state index contributed by atoms with van der Waals surface area (Å²) in [6.07, 6.45) is 1.34. The van der Waals surface area contributed by atoms with E-state index < -0.39 is 5.91 Å². The zero-order chi connectivity index (χ0) is 21.3. The number of amides is 1. The Morgan fingerprint density at radius 2 is 1.67 bits per heavy atom. The van der Waals surface area contributed by atoms with Gasteiger partial charge in [0.15, 0.2) is 6.61 Å².